The average molecular weight is 427 g/mol. The van der Waals surface area contributed by atoms with Gasteiger partial charge in [0.1, 0.15) is 23.3 Å². The van der Waals surface area contributed by atoms with Gasteiger partial charge in [-0.15, -0.1) is 11.3 Å². The van der Waals surface area contributed by atoms with E-state index in [9.17, 15) is 5.11 Å². The van der Waals surface area contributed by atoms with E-state index in [0.717, 1.165) is 74.2 Å². The van der Waals surface area contributed by atoms with Crippen LogP contribution in [0.2, 0.25) is 0 Å². The van der Waals surface area contributed by atoms with Gasteiger partial charge in [-0.3, -0.25) is 4.90 Å². The maximum Gasteiger partial charge on any atom is 0.140 e. The topological polar surface area (TPSA) is 77.9 Å². The van der Waals surface area contributed by atoms with Crippen molar-refractivity contribution in [2.24, 2.45) is 0 Å². The van der Waals surface area contributed by atoms with Crippen molar-refractivity contribution in [3.8, 4) is 0 Å². The monoisotopic (exact) mass is 426 g/mol. The normalized spacial score (nSPS) is 19.4. The number of fused-ring (bicyclic) bond motifs is 1. The summed E-state index contributed by atoms with van der Waals surface area (Å²) in [4.78, 5) is 20.3. The van der Waals surface area contributed by atoms with E-state index in [1.165, 1.54) is 17.0 Å². The summed E-state index contributed by atoms with van der Waals surface area (Å²) in [6.07, 6.45) is 3.87. The Morgan fingerprint density at radius 1 is 1.07 bits per heavy atom. The molecule has 0 saturated carbocycles. The molecule has 1 unspecified atom stereocenters. The Balaban J connectivity index is 1.34. The number of aliphatic hydroxyl groups excluding tert-OH is 1. The Labute approximate surface area is 179 Å². The molecule has 5 rings (SSSR count). The fourth-order valence-corrected chi connectivity index (χ4v) is 4.83. The molecule has 30 heavy (non-hydrogen) atoms. The Hall–Kier alpha value is -2.33. The zero-order valence-electron chi connectivity index (χ0n) is 16.9. The van der Waals surface area contributed by atoms with Crippen LogP contribution in [0.4, 0.5) is 11.5 Å². The van der Waals surface area contributed by atoms with Gasteiger partial charge in [0, 0.05) is 55.4 Å². The van der Waals surface area contributed by atoms with Crippen molar-refractivity contribution in [2.45, 2.75) is 12.5 Å². The molecule has 2 aliphatic rings. The van der Waals surface area contributed by atoms with Gasteiger partial charge in [0.15, 0.2) is 0 Å². The summed E-state index contributed by atoms with van der Waals surface area (Å²) < 4.78 is 5.47. The van der Waals surface area contributed by atoms with Gasteiger partial charge < -0.3 is 19.6 Å². The van der Waals surface area contributed by atoms with Gasteiger partial charge in [0.2, 0.25) is 0 Å². The molecule has 0 spiro atoms. The predicted octanol–water partition coefficient (Wildman–Crippen LogP) is 2.13. The third kappa shape index (κ3) is 4.11. The van der Waals surface area contributed by atoms with Gasteiger partial charge in [-0.1, -0.05) is 0 Å². The molecule has 1 N–H and O–H groups in total. The van der Waals surface area contributed by atoms with Gasteiger partial charge >= 0.3 is 0 Å². The lowest BCUT2D eigenvalue weighted by molar-refractivity contribution is 0.104. The van der Waals surface area contributed by atoms with Gasteiger partial charge in [0.25, 0.3) is 0 Å². The molecule has 8 nitrogen and oxygen atoms in total. The molecule has 0 aliphatic carbocycles. The summed E-state index contributed by atoms with van der Waals surface area (Å²) >= 11 is 1.50. The van der Waals surface area contributed by atoms with Crippen molar-refractivity contribution in [2.75, 3.05) is 62.4 Å². The number of hydrogen-bond acceptors (Lipinski definition) is 9. The Bertz CT molecular complexity index is 979. The van der Waals surface area contributed by atoms with E-state index in [4.69, 9.17) is 4.74 Å². The van der Waals surface area contributed by atoms with Crippen molar-refractivity contribution in [1.82, 2.24) is 19.9 Å². The number of aromatic nitrogens is 3. The fourth-order valence-electron chi connectivity index (χ4n) is 4.21. The number of β-amino-alcohol motifs (C(OH)–C–C–N with tert-alkyl or cyclic N) is 1. The molecule has 0 bridgehead atoms. The van der Waals surface area contributed by atoms with Crippen LogP contribution in [0.5, 0.6) is 0 Å². The summed E-state index contributed by atoms with van der Waals surface area (Å²) in [5.74, 6) is 0.960. The molecule has 1 aromatic carbocycles. The highest BCUT2D eigenvalue weighted by molar-refractivity contribution is 7.09. The van der Waals surface area contributed by atoms with E-state index in [0.29, 0.717) is 6.54 Å². The van der Waals surface area contributed by atoms with Crippen molar-refractivity contribution in [3.05, 3.63) is 41.1 Å². The molecule has 2 fully saturated rings. The molecular weight excluding hydrogens is 400 g/mol. The second-order valence-corrected chi connectivity index (χ2v) is 8.65. The van der Waals surface area contributed by atoms with E-state index in [-0.39, 0.29) is 0 Å². The average Bonchev–Trinajstić information content (AvgIpc) is 3.34. The molecule has 0 radical (unpaired) electrons. The Morgan fingerprint density at radius 3 is 2.80 bits per heavy atom. The number of hydrogen-bond donors (Lipinski definition) is 1. The van der Waals surface area contributed by atoms with Gasteiger partial charge in [-0.05, 0) is 24.6 Å². The van der Waals surface area contributed by atoms with Gasteiger partial charge in [-0.2, -0.15) is 0 Å². The zero-order valence-corrected chi connectivity index (χ0v) is 17.7. The largest absolute Gasteiger partial charge is 0.385 e. The number of morpholine rings is 1. The number of rotatable bonds is 5. The van der Waals surface area contributed by atoms with Crippen LogP contribution in [0.15, 0.2) is 36.1 Å². The highest BCUT2D eigenvalue weighted by Crippen LogP contribution is 2.29. The maximum atomic E-state index is 10.5. The van der Waals surface area contributed by atoms with Crippen LogP contribution in [0.3, 0.4) is 0 Å². The number of anilines is 2. The standard InChI is InChI=1S/C21H26N6O2S/c28-19(21-22-4-11-30-21)13-25-5-1-6-27(15-25)20-17-3-2-16(12-18(17)23-14-24-20)26-7-9-29-10-8-26/h2-4,11-12,14,19,28H,1,5-10,13,15H2. The molecule has 9 heteroatoms. The van der Waals surface area contributed by atoms with Crippen molar-refractivity contribution < 1.29 is 9.84 Å². The Morgan fingerprint density at radius 2 is 1.97 bits per heavy atom. The molecule has 3 aromatic rings. The van der Waals surface area contributed by atoms with Gasteiger partial charge in [0.05, 0.1) is 25.4 Å². The van der Waals surface area contributed by atoms with E-state index in [1.807, 2.05) is 5.38 Å². The van der Waals surface area contributed by atoms with Crippen LogP contribution in [0.1, 0.15) is 17.5 Å². The van der Waals surface area contributed by atoms with E-state index >= 15 is 0 Å². The number of nitrogens with zero attached hydrogens (tertiary/aromatic N) is 6. The summed E-state index contributed by atoms with van der Waals surface area (Å²) in [5.41, 5.74) is 2.14. The maximum absolute atomic E-state index is 10.5. The fraction of sp³-hybridized carbons (Fsp3) is 0.476. The number of aliphatic hydroxyl groups is 1. The van der Waals surface area contributed by atoms with Crippen molar-refractivity contribution in [1.29, 1.82) is 0 Å². The van der Waals surface area contributed by atoms with Crippen LogP contribution < -0.4 is 9.80 Å². The first kappa shape index (κ1) is 19.6. The predicted molar refractivity (Wildman–Crippen MR) is 118 cm³/mol. The lowest BCUT2D eigenvalue weighted by atomic mass is 10.1. The number of benzene rings is 1. The molecular formula is C21H26N6O2S. The summed E-state index contributed by atoms with van der Waals surface area (Å²) in [7, 11) is 0. The minimum absolute atomic E-state index is 0.553. The Kier molecular flexibility index (Phi) is 5.76. The van der Waals surface area contributed by atoms with Gasteiger partial charge in [-0.25, -0.2) is 15.0 Å². The lowest BCUT2D eigenvalue weighted by Gasteiger charge is -2.37. The summed E-state index contributed by atoms with van der Waals surface area (Å²) in [6.45, 7) is 6.57. The first-order valence-corrected chi connectivity index (χ1v) is 11.3. The first-order valence-electron chi connectivity index (χ1n) is 10.4. The quantitative estimate of drug-likeness (QED) is 0.665. The molecule has 0 amide bonds. The highest BCUT2D eigenvalue weighted by Gasteiger charge is 2.24. The first-order chi connectivity index (χ1) is 14.8. The number of thiazole rings is 1. The van der Waals surface area contributed by atoms with Crippen molar-refractivity contribution in [3.63, 3.8) is 0 Å². The molecule has 2 aliphatic heterocycles. The third-order valence-corrected chi connectivity index (χ3v) is 6.59. The van der Waals surface area contributed by atoms with Crippen LogP contribution >= 0.6 is 11.3 Å². The van der Waals surface area contributed by atoms with Crippen molar-refractivity contribution >= 4 is 33.7 Å². The third-order valence-electron chi connectivity index (χ3n) is 5.72. The second-order valence-electron chi connectivity index (χ2n) is 7.72. The highest BCUT2D eigenvalue weighted by atomic mass is 32.1. The minimum atomic E-state index is -0.553. The number of ether oxygens (including phenoxy) is 1. The lowest BCUT2D eigenvalue weighted by Crippen LogP contribution is -2.46. The van der Waals surface area contributed by atoms with Crippen LogP contribution in [-0.2, 0) is 4.74 Å². The summed E-state index contributed by atoms with van der Waals surface area (Å²) in [5, 5.41) is 14.2. The van der Waals surface area contributed by atoms with E-state index in [1.54, 1.807) is 12.5 Å². The SMILES string of the molecule is OC(CN1CCCN(c2ncnc3cc(N4CCOCC4)ccc23)C1)c1nccs1. The molecule has 158 valence electrons. The molecule has 2 saturated heterocycles. The molecule has 1 atom stereocenters. The van der Waals surface area contributed by atoms with Crippen LogP contribution in [0, 0.1) is 0 Å². The van der Waals surface area contributed by atoms with E-state index < -0.39 is 6.10 Å². The second kappa shape index (κ2) is 8.81. The molecule has 4 heterocycles. The molecule has 2 aromatic heterocycles. The van der Waals surface area contributed by atoms with E-state index in [2.05, 4.69) is 47.9 Å². The minimum Gasteiger partial charge on any atom is -0.385 e. The van der Waals surface area contributed by atoms with Crippen LogP contribution in [-0.4, -0.2) is 77.6 Å². The van der Waals surface area contributed by atoms with Crippen LogP contribution in [0.25, 0.3) is 10.9 Å². The smallest absolute Gasteiger partial charge is 0.140 e. The summed E-state index contributed by atoms with van der Waals surface area (Å²) in [6, 6.07) is 6.45. The zero-order chi connectivity index (χ0) is 20.3.